The van der Waals surface area contributed by atoms with E-state index < -0.39 is 0 Å². The molecule has 1 atom stereocenters. The molecule has 1 fully saturated rings. The third kappa shape index (κ3) is 4.99. The number of piperazine rings is 1. The molecule has 8 nitrogen and oxygen atoms in total. The van der Waals surface area contributed by atoms with Crippen molar-refractivity contribution in [1.29, 1.82) is 0 Å². The lowest BCUT2D eigenvalue weighted by molar-refractivity contribution is -0.934. The standard InChI is InChI=1S/C20H32N6O2/c1-16(2)14-19(20-21-22-23-26(20)12-13-27-3)25-10-8-24(9-11-25)17-6-5-7-18(15-17)28-4/h5-7,15-16,19H,8-14H2,1-4H3/p+1/t19-/m0/s1. The zero-order valence-electron chi connectivity index (χ0n) is 17.5. The zero-order valence-corrected chi connectivity index (χ0v) is 17.5. The first kappa shape index (κ1) is 20.5. The number of nitrogens with zero attached hydrogens (tertiary/aromatic N) is 5. The highest BCUT2D eigenvalue weighted by Gasteiger charge is 2.33. The predicted octanol–water partition coefficient (Wildman–Crippen LogP) is 0.820. The van der Waals surface area contributed by atoms with Crippen LogP contribution in [0.2, 0.25) is 0 Å². The maximum atomic E-state index is 5.38. The Labute approximate surface area is 167 Å². The number of hydrogen-bond donors (Lipinski definition) is 1. The lowest BCUT2D eigenvalue weighted by atomic mass is 10.0. The molecule has 0 unspecified atom stereocenters. The fraction of sp³-hybridized carbons (Fsp3) is 0.650. The third-order valence-electron chi connectivity index (χ3n) is 5.40. The monoisotopic (exact) mass is 389 g/mol. The van der Waals surface area contributed by atoms with E-state index in [0.29, 0.717) is 25.1 Å². The summed E-state index contributed by atoms with van der Waals surface area (Å²) in [6, 6.07) is 8.62. The van der Waals surface area contributed by atoms with Crippen LogP contribution < -0.4 is 14.5 Å². The van der Waals surface area contributed by atoms with Crippen LogP contribution in [0.5, 0.6) is 5.75 Å². The molecule has 2 heterocycles. The minimum absolute atomic E-state index is 0.305. The van der Waals surface area contributed by atoms with E-state index in [4.69, 9.17) is 9.47 Å². The predicted molar refractivity (Wildman–Crippen MR) is 108 cm³/mol. The van der Waals surface area contributed by atoms with Gasteiger partial charge in [0.05, 0.1) is 46.4 Å². The molecular weight excluding hydrogens is 356 g/mol. The SMILES string of the molecule is COCCn1nnnc1[C@H](CC(C)C)[NH+]1CCN(c2cccc(OC)c2)CC1. The first-order chi connectivity index (χ1) is 13.6. The van der Waals surface area contributed by atoms with Crippen LogP contribution in [0.15, 0.2) is 24.3 Å². The molecule has 3 rings (SSSR count). The van der Waals surface area contributed by atoms with Crippen LogP contribution in [0, 0.1) is 5.92 Å². The van der Waals surface area contributed by atoms with Crippen molar-refractivity contribution in [3.8, 4) is 5.75 Å². The van der Waals surface area contributed by atoms with Crippen LogP contribution >= 0.6 is 0 Å². The smallest absolute Gasteiger partial charge is 0.209 e. The van der Waals surface area contributed by atoms with Gasteiger partial charge >= 0.3 is 0 Å². The van der Waals surface area contributed by atoms with Crippen molar-refractivity contribution in [3.63, 3.8) is 0 Å². The Hall–Kier alpha value is -2.19. The molecule has 1 aromatic carbocycles. The van der Waals surface area contributed by atoms with Gasteiger partial charge in [0.15, 0.2) is 0 Å². The van der Waals surface area contributed by atoms with Gasteiger partial charge in [0.1, 0.15) is 11.8 Å². The first-order valence-corrected chi connectivity index (χ1v) is 10.1. The summed E-state index contributed by atoms with van der Waals surface area (Å²) in [5.74, 6) is 2.47. The Morgan fingerprint density at radius 2 is 1.96 bits per heavy atom. The van der Waals surface area contributed by atoms with Crippen molar-refractivity contribution in [2.45, 2.75) is 32.9 Å². The van der Waals surface area contributed by atoms with Crippen molar-refractivity contribution >= 4 is 5.69 Å². The van der Waals surface area contributed by atoms with Gasteiger partial charge in [0, 0.05) is 25.3 Å². The Morgan fingerprint density at radius 3 is 2.64 bits per heavy atom. The number of ether oxygens (including phenoxy) is 2. The molecule has 1 aliphatic rings. The fourth-order valence-corrected chi connectivity index (χ4v) is 3.93. The first-order valence-electron chi connectivity index (χ1n) is 10.1. The van der Waals surface area contributed by atoms with Gasteiger partial charge in [-0.15, -0.1) is 5.10 Å². The quantitative estimate of drug-likeness (QED) is 0.685. The molecule has 1 aliphatic heterocycles. The maximum absolute atomic E-state index is 5.38. The Morgan fingerprint density at radius 1 is 1.18 bits per heavy atom. The van der Waals surface area contributed by atoms with Gasteiger partial charge < -0.3 is 19.3 Å². The number of tetrazole rings is 1. The largest absolute Gasteiger partial charge is 0.497 e. The molecule has 8 heteroatoms. The highest BCUT2D eigenvalue weighted by atomic mass is 16.5. The van der Waals surface area contributed by atoms with E-state index in [1.165, 1.54) is 5.69 Å². The zero-order chi connectivity index (χ0) is 19.9. The van der Waals surface area contributed by atoms with Gasteiger partial charge in [-0.1, -0.05) is 19.9 Å². The van der Waals surface area contributed by atoms with Crippen LogP contribution in [-0.4, -0.2) is 67.2 Å². The summed E-state index contributed by atoms with van der Waals surface area (Å²) in [5.41, 5.74) is 1.23. The summed E-state index contributed by atoms with van der Waals surface area (Å²) >= 11 is 0. The summed E-state index contributed by atoms with van der Waals surface area (Å²) in [7, 11) is 3.42. The number of quaternary nitrogens is 1. The molecule has 0 saturated carbocycles. The number of anilines is 1. The molecule has 2 aromatic rings. The van der Waals surface area contributed by atoms with E-state index in [9.17, 15) is 0 Å². The number of benzene rings is 1. The second-order valence-corrected chi connectivity index (χ2v) is 7.78. The van der Waals surface area contributed by atoms with Crippen LogP contribution in [0.4, 0.5) is 5.69 Å². The lowest BCUT2D eigenvalue weighted by Gasteiger charge is -2.37. The van der Waals surface area contributed by atoms with Crippen LogP contribution in [0.1, 0.15) is 32.1 Å². The van der Waals surface area contributed by atoms with E-state index >= 15 is 0 Å². The van der Waals surface area contributed by atoms with Gasteiger partial charge in [0.2, 0.25) is 5.82 Å². The third-order valence-corrected chi connectivity index (χ3v) is 5.40. The summed E-state index contributed by atoms with van der Waals surface area (Å²) in [4.78, 5) is 3.99. The minimum Gasteiger partial charge on any atom is -0.497 e. The van der Waals surface area contributed by atoms with Crippen LogP contribution in [-0.2, 0) is 11.3 Å². The summed E-state index contributed by atoms with van der Waals surface area (Å²) in [6.07, 6.45) is 1.07. The number of rotatable bonds is 9. The van der Waals surface area contributed by atoms with Crippen molar-refractivity contribution in [3.05, 3.63) is 30.1 Å². The molecule has 0 radical (unpaired) electrons. The second kappa shape index (κ2) is 9.84. The molecule has 0 spiro atoms. The van der Waals surface area contributed by atoms with E-state index in [2.05, 4.69) is 52.5 Å². The van der Waals surface area contributed by atoms with Crippen molar-refractivity contribution < 1.29 is 14.4 Å². The van der Waals surface area contributed by atoms with Crippen molar-refractivity contribution in [2.75, 3.05) is 51.9 Å². The van der Waals surface area contributed by atoms with Crippen LogP contribution in [0.25, 0.3) is 0 Å². The molecule has 1 saturated heterocycles. The summed E-state index contributed by atoms with van der Waals surface area (Å²) < 4.78 is 12.5. The molecule has 1 aromatic heterocycles. The topological polar surface area (TPSA) is 69.7 Å². The van der Waals surface area contributed by atoms with Gasteiger partial charge in [-0.3, -0.25) is 0 Å². The lowest BCUT2D eigenvalue weighted by Crippen LogP contribution is -3.15. The van der Waals surface area contributed by atoms with Gasteiger partial charge in [-0.25, -0.2) is 4.68 Å². The van der Waals surface area contributed by atoms with Gasteiger partial charge in [-0.2, -0.15) is 0 Å². The van der Waals surface area contributed by atoms with Gasteiger partial charge in [-0.05, 0) is 28.5 Å². The minimum atomic E-state index is 0.305. The van der Waals surface area contributed by atoms with E-state index in [1.54, 1.807) is 19.1 Å². The normalized spacial score (nSPS) is 16.5. The Bertz CT molecular complexity index is 727. The molecule has 0 bridgehead atoms. The van der Waals surface area contributed by atoms with E-state index in [-0.39, 0.29) is 0 Å². The van der Waals surface area contributed by atoms with Crippen molar-refractivity contribution in [1.82, 2.24) is 20.2 Å². The van der Waals surface area contributed by atoms with Crippen LogP contribution in [0.3, 0.4) is 0 Å². The highest BCUT2D eigenvalue weighted by molar-refractivity contribution is 5.50. The molecular formula is C20H33N6O2+. The second-order valence-electron chi connectivity index (χ2n) is 7.78. The number of methoxy groups -OCH3 is 2. The molecule has 1 N–H and O–H groups in total. The number of hydrogen-bond acceptors (Lipinski definition) is 6. The van der Waals surface area contributed by atoms with Gasteiger partial charge in [0.25, 0.3) is 0 Å². The maximum Gasteiger partial charge on any atom is 0.209 e. The average Bonchev–Trinajstić information content (AvgIpc) is 3.18. The van der Waals surface area contributed by atoms with E-state index in [0.717, 1.165) is 44.2 Å². The Balaban J connectivity index is 1.70. The highest BCUT2D eigenvalue weighted by Crippen LogP contribution is 2.22. The summed E-state index contributed by atoms with van der Waals surface area (Å²) in [5, 5.41) is 12.5. The molecule has 28 heavy (non-hydrogen) atoms. The van der Waals surface area contributed by atoms with E-state index in [1.807, 2.05) is 10.7 Å². The molecule has 154 valence electrons. The number of aromatic nitrogens is 4. The molecule has 0 amide bonds. The Kier molecular flexibility index (Phi) is 7.22. The number of nitrogens with one attached hydrogen (secondary N) is 1. The summed E-state index contributed by atoms with van der Waals surface area (Å²) in [6.45, 7) is 9.98. The average molecular weight is 390 g/mol. The van der Waals surface area contributed by atoms with Crippen molar-refractivity contribution in [2.24, 2.45) is 5.92 Å². The molecule has 0 aliphatic carbocycles. The fourth-order valence-electron chi connectivity index (χ4n) is 3.93.